The molecule has 2 fully saturated rings. The van der Waals surface area contributed by atoms with Crippen molar-refractivity contribution in [3.05, 3.63) is 100 Å². The fraction of sp³-hybridized carbons (Fsp3) is 0.450. The predicted octanol–water partition coefficient (Wildman–Crippen LogP) is 4.08. The zero-order valence-electron chi connectivity index (χ0n) is 31.9. The molecule has 0 radical (unpaired) electrons. The maximum Gasteiger partial charge on any atom is 0.303 e. The summed E-state index contributed by atoms with van der Waals surface area (Å²) in [5.41, 5.74) is 3.38. The van der Waals surface area contributed by atoms with Gasteiger partial charge >= 0.3 is 23.9 Å². The second-order valence-corrected chi connectivity index (χ2v) is 15.0. The first-order chi connectivity index (χ1) is 27.3. The topological polar surface area (TPSA) is 192 Å². The molecular formula is C40H46N2O13S2. The van der Waals surface area contributed by atoms with E-state index in [0.29, 0.717) is 28.7 Å². The highest BCUT2D eigenvalue weighted by Gasteiger charge is 2.52. The predicted molar refractivity (Wildman–Crippen MR) is 207 cm³/mol. The first kappa shape index (κ1) is 43.5. The highest BCUT2D eigenvalue weighted by atomic mass is 32.2. The van der Waals surface area contributed by atoms with Gasteiger partial charge in [0.2, 0.25) is 0 Å². The third-order valence-corrected chi connectivity index (χ3v) is 10.5. The summed E-state index contributed by atoms with van der Waals surface area (Å²) >= 11 is 7.08. The van der Waals surface area contributed by atoms with Gasteiger partial charge in [-0.1, -0.05) is 72.5 Å². The van der Waals surface area contributed by atoms with Crippen LogP contribution >= 0.6 is 24.0 Å². The molecule has 2 aliphatic heterocycles. The van der Waals surface area contributed by atoms with Gasteiger partial charge < -0.3 is 48.8 Å². The van der Waals surface area contributed by atoms with E-state index >= 15 is 0 Å². The van der Waals surface area contributed by atoms with E-state index in [1.54, 1.807) is 12.1 Å². The average molecular weight is 827 g/mol. The van der Waals surface area contributed by atoms with Crippen LogP contribution in [-0.2, 0) is 65.5 Å². The minimum atomic E-state index is -1.28. The number of rotatable bonds is 15. The van der Waals surface area contributed by atoms with Crippen molar-refractivity contribution >= 4 is 52.8 Å². The molecule has 17 heteroatoms. The van der Waals surface area contributed by atoms with Gasteiger partial charge in [-0.15, -0.1) is 0 Å². The smallest absolute Gasteiger partial charge is 0.303 e. The van der Waals surface area contributed by atoms with Gasteiger partial charge in [-0.3, -0.25) is 19.2 Å². The Morgan fingerprint density at radius 1 is 0.807 bits per heavy atom. The quantitative estimate of drug-likeness (QED) is 0.0556. The second kappa shape index (κ2) is 20.7. The Hall–Kier alpha value is -4.65. The summed E-state index contributed by atoms with van der Waals surface area (Å²) in [5, 5.41) is 25.6. The summed E-state index contributed by atoms with van der Waals surface area (Å²) < 4.78 is 41.6. The first-order valence-corrected chi connectivity index (χ1v) is 19.7. The normalized spacial score (nSPS) is 24.4. The third kappa shape index (κ3) is 12.7. The summed E-state index contributed by atoms with van der Waals surface area (Å²) in [4.78, 5) is 48.4. The Morgan fingerprint density at radius 3 is 2.04 bits per heavy atom. The fourth-order valence-electron chi connectivity index (χ4n) is 6.46. The van der Waals surface area contributed by atoms with Crippen LogP contribution in [0.15, 0.2) is 78.0 Å². The van der Waals surface area contributed by atoms with E-state index in [2.05, 4.69) is 5.32 Å². The van der Waals surface area contributed by atoms with Crippen LogP contribution in [0.3, 0.4) is 0 Å². The molecule has 306 valence electrons. The van der Waals surface area contributed by atoms with Crippen LogP contribution in [0.4, 0.5) is 0 Å². The summed E-state index contributed by atoms with van der Waals surface area (Å²) in [6.07, 6.45) is -5.02. The number of benzene rings is 2. The molecule has 0 bridgehead atoms. The number of hydrogen-bond donors (Lipinski definition) is 2. The Labute approximate surface area is 339 Å². The maximum absolute atomic E-state index is 12.3. The molecule has 3 heterocycles. The number of nitrogens with zero attached hydrogens (tertiary/aromatic N) is 1. The van der Waals surface area contributed by atoms with Crippen molar-refractivity contribution in [2.24, 2.45) is 0 Å². The molecule has 8 atom stereocenters. The first-order valence-electron chi connectivity index (χ1n) is 18.3. The number of esters is 4. The highest BCUT2D eigenvalue weighted by Crippen LogP contribution is 2.39. The van der Waals surface area contributed by atoms with Crippen LogP contribution in [0.25, 0.3) is 0 Å². The minimum Gasteiger partial charge on any atom is -0.618 e. The molecule has 2 aliphatic rings. The number of nitrogens with one attached hydrogen (secondary N) is 1. The Kier molecular flexibility index (Phi) is 15.8. The molecule has 57 heavy (non-hydrogen) atoms. The minimum absolute atomic E-state index is 0.00560. The number of aromatic nitrogens is 1. The van der Waals surface area contributed by atoms with Gasteiger partial charge in [-0.2, -0.15) is 4.73 Å². The van der Waals surface area contributed by atoms with Gasteiger partial charge in [-0.25, -0.2) is 0 Å². The molecule has 2 saturated heterocycles. The van der Waals surface area contributed by atoms with E-state index in [9.17, 15) is 29.5 Å². The number of ether oxygens (including phenoxy) is 7. The summed E-state index contributed by atoms with van der Waals surface area (Å²) in [5.74, 6) is -2.22. The van der Waals surface area contributed by atoms with E-state index in [4.69, 9.17) is 45.4 Å². The van der Waals surface area contributed by atoms with E-state index in [1.807, 2.05) is 54.6 Å². The number of carbonyl (C=O) groups excluding carboxylic acids is 4. The molecule has 15 nitrogen and oxygen atoms in total. The van der Waals surface area contributed by atoms with Crippen molar-refractivity contribution in [1.29, 1.82) is 0 Å². The van der Waals surface area contributed by atoms with Gasteiger partial charge in [0.15, 0.2) is 30.8 Å². The van der Waals surface area contributed by atoms with Crippen molar-refractivity contribution in [1.82, 2.24) is 5.32 Å². The van der Waals surface area contributed by atoms with Gasteiger partial charge in [-0.05, 0) is 22.8 Å². The van der Waals surface area contributed by atoms with Crippen LogP contribution < -0.4 is 10.0 Å². The van der Waals surface area contributed by atoms with E-state index < -0.39 is 60.7 Å². The zero-order valence-corrected chi connectivity index (χ0v) is 33.5. The van der Waals surface area contributed by atoms with E-state index in [1.165, 1.54) is 31.8 Å². The third-order valence-electron chi connectivity index (χ3n) is 9.04. The van der Waals surface area contributed by atoms with Gasteiger partial charge in [0.1, 0.15) is 18.8 Å². The average Bonchev–Trinajstić information content (AvgIpc) is 3.18. The summed E-state index contributed by atoms with van der Waals surface area (Å²) in [6, 6.07) is 20.5. The van der Waals surface area contributed by atoms with Crippen molar-refractivity contribution in [2.45, 2.75) is 108 Å². The van der Waals surface area contributed by atoms with Crippen LogP contribution in [0, 0.1) is 5.21 Å². The number of aliphatic hydroxyl groups excluding tert-OH is 1. The Morgan fingerprint density at radius 2 is 1.42 bits per heavy atom. The lowest BCUT2D eigenvalue weighted by Crippen LogP contribution is -2.62. The van der Waals surface area contributed by atoms with Crippen molar-refractivity contribution in [2.75, 3.05) is 12.4 Å². The molecule has 0 spiro atoms. The Bertz CT molecular complexity index is 1860. The van der Waals surface area contributed by atoms with Crippen LogP contribution in [0.2, 0.25) is 0 Å². The molecule has 0 aliphatic carbocycles. The largest absolute Gasteiger partial charge is 0.618 e. The summed E-state index contributed by atoms with van der Waals surface area (Å²) in [7, 11) is 0. The number of thiocarbonyl (C=S) groups is 1. The standard InChI is InChI=1S/C40H46N2O13S2/c1-23(44)49-21-34-38(51-25(3)46)39(52-26(4)47)37(50-24(2)45)33(54-34)18-35(56)41-19-27-8-14-30(15-9-27)40-53-31(22-57-36-7-5-6-16-42(36)48)17-32(55-40)29-12-10-28(20-43)11-13-29/h5-16,31-34,37-40,43H,17-22H2,1-4H3,(H,41,56)/t31-,32+,33-,34+,37-,38+,39+,40?/m0/s1. The van der Waals surface area contributed by atoms with Gasteiger partial charge in [0.25, 0.3) is 5.03 Å². The molecule has 3 aromatic rings. The molecule has 1 aromatic heterocycles. The maximum atomic E-state index is 12.3. The number of thioether (sulfide) groups is 1. The fourth-order valence-corrected chi connectivity index (χ4v) is 7.63. The van der Waals surface area contributed by atoms with Gasteiger partial charge in [0, 0.05) is 70.5 Å². The van der Waals surface area contributed by atoms with E-state index in [-0.39, 0.29) is 31.8 Å². The van der Waals surface area contributed by atoms with Crippen molar-refractivity contribution in [3.8, 4) is 0 Å². The van der Waals surface area contributed by atoms with Crippen LogP contribution in [-0.4, -0.2) is 83.0 Å². The molecule has 0 amide bonds. The lowest BCUT2D eigenvalue weighted by Gasteiger charge is -2.44. The molecule has 1 unspecified atom stereocenters. The number of hydrogen-bond acceptors (Lipinski definition) is 15. The van der Waals surface area contributed by atoms with Crippen LogP contribution in [0.5, 0.6) is 0 Å². The van der Waals surface area contributed by atoms with Crippen molar-refractivity contribution < 1.29 is 62.2 Å². The molecular weight excluding hydrogens is 781 g/mol. The monoisotopic (exact) mass is 826 g/mol. The molecule has 5 rings (SSSR count). The number of pyridine rings is 1. The lowest BCUT2D eigenvalue weighted by molar-refractivity contribution is -0.645. The SMILES string of the molecule is CC(=O)OC[C@H]1O[C@@H](CC(=S)NCc2ccc(C3O[C@H](CSc4cccc[n+]4[O-])C[C@H](c4ccc(CO)cc4)O3)cc2)[C@H](OC(C)=O)[C@@H](OC(C)=O)[C@@H]1OC(C)=O. The molecule has 2 N–H and O–H groups in total. The van der Waals surface area contributed by atoms with Crippen molar-refractivity contribution in [3.63, 3.8) is 0 Å². The molecule has 0 saturated carbocycles. The zero-order chi connectivity index (χ0) is 41.1. The van der Waals surface area contributed by atoms with Crippen LogP contribution in [0.1, 0.15) is 75.2 Å². The van der Waals surface area contributed by atoms with Gasteiger partial charge in [0.05, 0.1) is 23.8 Å². The number of aliphatic hydroxyl groups is 1. The number of carbonyl (C=O) groups is 4. The highest BCUT2D eigenvalue weighted by molar-refractivity contribution is 7.99. The Balaban J connectivity index is 1.26. The molecule has 2 aromatic carbocycles. The van der Waals surface area contributed by atoms with E-state index in [0.717, 1.165) is 40.8 Å². The summed E-state index contributed by atoms with van der Waals surface area (Å²) in [6.45, 7) is 4.61. The second-order valence-electron chi connectivity index (χ2n) is 13.5. The lowest BCUT2D eigenvalue weighted by atomic mass is 9.92.